The Hall–Kier alpha value is -3.21. The lowest BCUT2D eigenvalue weighted by molar-refractivity contribution is 0.416. The number of ether oxygens (including phenoxy) is 1. The van der Waals surface area contributed by atoms with Gasteiger partial charge < -0.3 is 4.74 Å². The molecule has 0 aliphatic carbocycles. The minimum absolute atomic E-state index is 0.643. The van der Waals surface area contributed by atoms with Gasteiger partial charge in [-0.1, -0.05) is 42.0 Å². The Morgan fingerprint density at radius 1 is 1.00 bits per heavy atom. The second-order valence-electron chi connectivity index (χ2n) is 6.06. The maximum atomic E-state index is 5.44. The van der Waals surface area contributed by atoms with Crippen LogP contribution < -0.4 is 10.2 Å². The van der Waals surface area contributed by atoms with Crippen molar-refractivity contribution in [3.63, 3.8) is 0 Å². The topological polar surface area (TPSA) is 59.4 Å². The van der Waals surface area contributed by atoms with Gasteiger partial charge in [0.05, 0.1) is 18.5 Å². The molecule has 0 aliphatic heterocycles. The zero-order chi connectivity index (χ0) is 18.5. The number of hydrogen-bond donors (Lipinski definition) is 1. The first kappa shape index (κ1) is 17.6. The highest BCUT2D eigenvalue weighted by Gasteiger charge is 2.09. The van der Waals surface area contributed by atoms with Crippen LogP contribution in [0, 0.1) is 13.8 Å². The summed E-state index contributed by atoms with van der Waals surface area (Å²) in [4.78, 5) is 8.95. The van der Waals surface area contributed by atoms with Crippen molar-refractivity contribution in [2.24, 2.45) is 5.10 Å². The predicted octanol–water partition coefficient (Wildman–Crippen LogP) is 4.61. The van der Waals surface area contributed by atoms with E-state index in [2.05, 4.69) is 51.7 Å². The fraction of sp³-hybridized carbons (Fsp3) is 0.190. The van der Waals surface area contributed by atoms with Gasteiger partial charge >= 0.3 is 0 Å². The second kappa shape index (κ2) is 7.78. The average Bonchev–Trinajstić information content (AvgIpc) is 2.66. The molecule has 0 fully saturated rings. The number of rotatable bonds is 5. The van der Waals surface area contributed by atoms with Gasteiger partial charge in [0, 0.05) is 11.6 Å². The lowest BCUT2D eigenvalue weighted by Gasteiger charge is -2.10. The summed E-state index contributed by atoms with van der Waals surface area (Å²) in [6.07, 6.45) is 0. The van der Waals surface area contributed by atoms with Gasteiger partial charge in [-0.25, -0.2) is 9.97 Å². The lowest BCUT2D eigenvalue weighted by atomic mass is 10.1. The molecule has 1 aromatic heterocycles. The lowest BCUT2D eigenvalue weighted by Crippen LogP contribution is -2.03. The molecule has 0 spiro atoms. The number of nitrogens with zero attached hydrogens (tertiary/aromatic N) is 3. The van der Waals surface area contributed by atoms with E-state index in [1.165, 1.54) is 5.56 Å². The molecule has 0 aliphatic rings. The molecule has 132 valence electrons. The van der Waals surface area contributed by atoms with Crippen molar-refractivity contribution < 1.29 is 4.74 Å². The Bertz CT molecular complexity index is 933. The van der Waals surface area contributed by atoms with Crippen LogP contribution in [-0.2, 0) is 0 Å². The Kier molecular flexibility index (Phi) is 5.27. The summed E-state index contributed by atoms with van der Waals surface area (Å²) in [7, 11) is 1.65. The fourth-order valence-corrected chi connectivity index (χ4v) is 2.62. The molecule has 1 N–H and O–H groups in total. The quantitative estimate of drug-likeness (QED) is 0.541. The minimum atomic E-state index is 0.643. The summed E-state index contributed by atoms with van der Waals surface area (Å²) in [6.45, 7) is 5.89. The standard InChI is InChI=1S/C21H22N4O/c1-14-9-11-17(12-10-14)15(2)24-25-21-13-19(22-16(3)23-21)18-7-5-6-8-20(18)26-4/h5-13H,1-4H3,(H,22,23,25)/b24-15+. The third kappa shape index (κ3) is 4.06. The molecule has 0 unspecified atom stereocenters. The van der Waals surface area contributed by atoms with E-state index in [0.717, 1.165) is 28.3 Å². The smallest absolute Gasteiger partial charge is 0.150 e. The maximum Gasteiger partial charge on any atom is 0.150 e. The molecule has 0 amide bonds. The van der Waals surface area contributed by atoms with Crippen molar-refractivity contribution in [3.8, 4) is 17.0 Å². The molecule has 0 atom stereocenters. The summed E-state index contributed by atoms with van der Waals surface area (Å²) >= 11 is 0. The number of aromatic nitrogens is 2. The number of hydrazone groups is 1. The fourth-order valence-electron chi connectivity index (χ4n) is 2.62. The van der Waals surface area contributed by atoms with Crippen LogP contribution in [0.15, 0.2) is 59.7 Å². The van der Waals surface area contributed by atoms with Gasteiger partial charge in [-0.05, 0) is 38.5 Å². The van der Waals surface area contributed by atoms with Gasteiger partial charge in [0.25, 0.3) is 0 Å². The molecule has 1 heterocycles. The molecule has 0 saturated carbocycles. The van der Waals surface area contributed by atoms with Gasteiger partial charge in [0.15, 0.2) is 5.82 Å². The summed E-state index contributed by atoms with van der Waals surface area (Å²) < 4.78 is 5.44. The highest BCUT2D eigenvalue weighted by Crippen LogP contribution is 2.29. The maximum absolute atomic E-state index is 5.44. The first-order valence-corrected chi connectivity index (χ1v) is 8.43. The van der Waals surface area contributed by atoms with Gasteiger partial charge in [0.1, 0.15) is 11.6 Å². The molecule has 0 radical (unpaired) electrons. The summed E-state index contributed by atoms with van der Waals surface area (Å²) in [5.74, 6) is 2.08. The Labute approximate surface area is 153 Å². The molecular weight excluding hydrogens is 324 g/mol. The summed E-state index contributed by atoms with van der Waals surface area (Å²) in [6, 6.07) is 17.9. The van der Waals surface area contributed by atoms with E-state index in [-0.39, 0.29) is 0 Å². The van der Waals surface area contributed by atoms with Gasteiger partial charge in [0.2, 0.25) is 0 Å². The Balaban J connectivity index is 1.88. The van der Waals surface area contributed by atoms with E-state index in [1.807, 2.05) is 44.2 Å². The van der Waals surface area contributed by atoms with Crippen molar-refractivity contribution in [2.45, 2.75) is 20.8 Å². The van der Waals surface area contributed by atoms with E-state index in [4.69, 9.17) is 4.74 Å². The van der Waals surface area contributed by atoms with Crippen molar-refractivity contribution in [2.75, 3.05) is 12.5 Å². The van der Waals surface area contributed by atoms with Crippen LogP contribution in [0.2, 0.25) is 0 Å². The van der Waals surface area contributed by atoms with Crippen LogP contribution in [-0.4, -0.2) is 22.8 Å². The van der Waals surface area contributed by atoms with Crippen LogP contribution in [0.4, 0.5) is 5.82 Å². The molecule has 26 heavy (non-hydrogen) atoms. The number of nitrogens with one attached hydrogen (secondary N) is 1. The first-order chi connectivity index (χ1) is 12.6. The van der Waals surface area contributed by atoms with E-state index >= 15 is 0 Å². The van der Waals surface area contributed by atoms with Crippen molar-refractivity contribution in [1.82, 2.24) is 9.97 Å². The van der Waals surface area contributed by atoms with E-state index in [9.17, 15) is 0 Å². The van der Waals surface area contributed by atoms with Crippen LogP contribution in [0.1, 0.15) is 23.9 Å². The summed E-state index contributed by atoms with van der Waals surface area (Å²) in [5, 5.41) is 4.46. The van der Waals surface area contributed by atoms with Crippen molar-refractivity contribution in [3.05, 3.63) is 71.5 Å². The van der Waals surface area contributed by atoms with Crippen LogP contribution in [0.3, 0.4) is 0 Å². The number of methoxy groups -OCH3 is 1. The zero-order valence-electron chi connectivity index (χ0n) is 15.4. The van der Waals surface area contributed by atoms with Gasteiger partial charge in [-0.2, -0.15) is 5.10 Å². The Morgan fingerprint density at radius 2 is 1.73 bits per heavy atom. The minimum Gasteiger partial charge on any atom is -0.496 e. The highest BCUT2D eigenvalue weighted by molar-refractivity contribution is 5.99. The van der Waals surface area contributed by atoms with E-state index in [1.54, 1.807) is 7.11 Å². The van der Waals surface area contributed by atoms with Crippen molar-refractivity contribution in [1.29, 1.82) is 0 Å². The zero-order valence-corrected chi connectivity index (χ0v) is 15.4. The second-order valence-corrected chi connectivity index (χ2v) is 6.06. The molecule has 2 aromatic carbocycles. The molecular formula is C21H22N4O. The van der Waals surface area contributed by atoms with E-state index < -0.39 is 0 Å². The summed E-state index contributed by atoms with van der Waals surface area (Å²) in [5.41, 5.74) is 7.94. The van der Waals surface area contributed by atoms with Gasteiger partial charge in [-0.15, -0.1) is 0 Å². The third-order valence-electron chi connectivity index (χ3n) is 4.03. The van der Waals surface area contributed by atoms with Gasteiger partial charge in [-0.3, -0.25) is 5.43 Å². The SMILES string of the molecule is COc1ccccc1-c1cc(N/N=C(\C)c2ccc(C)cc2)nc(C)n1. The van der Waals surface area contributed by atoms with E-state index in [0.29, 0.717) is 11.6 Å². The molecule has 3 rings (SSSR count). The number of hydrogen-bond acceptors (Lipinski definition) is 5. The van der Waals surface area contributed by atoms with Crippen LogP contribution in [0.5, 0.6) is 5.75 Å². The first-order valence-electron chi connectivity index (χ1n) is 8.43. The number of benzene rings is 2. The van der Waals surface area contributed by atoms with Crippen LogP contribution in [0.25, 0.3) is 11.3 Å². The largest absolute Gasteiger partial charge is 0.496 e. The average molecular weight is 346 g/mol. The molecule has 5 nitrogen and oxygen atoms in total. The molecule has 5 heteroatoms. The normalized spacial score (nSPS) is 11.3. The molecule has 3 aromatic rings. The monoisotopic (exact) mass is 346 g/mol. The van der Waals surface area contributed by atoms with Crippen LogP contribution >= 0.6 is 0 Å². The predicted molar refractivity (Wildman–Crippen MR) is 106 cm³/mol. The number of para-hydroxylation sites is 1. The third-order valence-corrected chi connectivity index (χ3v) is 4.03. The number of anilines is 1. The number of aryl methyl sites for hydroxylation is 2. The van der Waals surface area contributed by atoms with Crippen molar-refractivity contribution >= 4 is 11.5 Å². The molecule has 0 bridgehead atoms. The molecule has 0 saturated heterocycles. The Morgan fingerprint density at radius 3 is 2.46 bits per heavy atom. The highest BCUT2D eigenvalue weighted by atomic mass is 16.5.